The largest absolute Gasteiger partial charge is 0.322 e. The van der Waals surface area contributed by atoms with Gasteiger partial charge in [0.25, 0.3) is 5.91 Å². The third-order valence-corrected chi connectivity index (χ3v) is 3.90. The second-order valence-corrected chi connectivity index (χ2v) is 5.70. The van der Waals surface area contributed by atoms with E-state index in [1.165, 1.54) is 5.56 Å². The molecule has 2 aromatic carbocycles. The van der Waals surface area contributed by atoms with Crippen molar-refractivity contribution < 1.29 is 4.79 Å². The Morgan fingerprint density at radius 3 is 2.71 bits per heavy atom. The Kier molecular flexibility index (Phi) is 5.66. The second-order valence-electron chi connectivity index (χ2n) is 4.91. The summed E-state index contributed by atoms with van der Waals surface area (Å²) in [5, 5.41) is 3.57. The second kappa shape index (κ2) is 7.48. The fraction of sp³-hybridized carbons (Fsp3) is 0.235. The molecule has 1 N–H and O–H groups in total. The van der Waals surface area contributed by atoms with E-state index in [0.29, 0.717) is 16.5 Å². The minimum atomic E-state index is -0.135. The van der Waals surface area contributed by atoms with Gasteiger partial charge in [-0.1, -0.05) is 23.7 Å². The van der Waals surface area contributed by atoms with Crippen molar-refractivity contribution in [1.29, 1.82) is 0 Å². The van der Waals surface area contributed by atoms with E-state index in [2.05, 4.69) is 5.32 Å². The van der Waals surface area contributed by atoms with Gasteiger partial charge in [0.1, 0.15) is 0 Å². The van der Waals surface area contributed by atoms with Crippen molar-refractivity contribution in [2.45, 2.75) is 19.8 Å². The van der Waals surface area contributed by atoms with Crippen LogP contribution < -0.4 is 5.32 Å². The van der Waals surface area contributed by atoms with Gasteiger partial charge in [0.15, 0.2) is 0 Å². The molecule has 0 saturated heterocycles. The van der Waals surface area contributed by atoms with Gasteiger partial charge in [-0.25, -0.2) is 0 Å². The average Bonchev–Trinajstić information content (AvgIpc) is 2.48. The topological polar surface area (TPSA) is 29.1 Å². The number of anilines is 1. The lowest BCUT2D eigenvalue weighted by Crippen LogP contribution is -2.12. The quantitative estimate of drug-likeness (QED) is 0.765. The number of hydrogen-bond acceptors (Lipinski definition) is 1. The number of alkyl halides is 1. The molecule has 2 rings (SSSR count). The molecule has 0 saturated carbocycles. The first-order chi connectivity index (χ1) is 10.1. The Hall–Kier alpha value is -1.51. The van der Waals surface area contributed by atoms with E-state index in [1.807, 2.05) is 31.2 Å². The molecule has 0 aliphatic carbocycles. The molecule has 110 valence electrons. The summed E-state index contributed by atoms with van der Waals surface area (Å²) in [6, 6.07) is 13.1. The van der Waals surface area contributed by atoms with E-state index >= 15 is 0 Å². The third-order valence-electron chi connectivity index (χ3n) is 3.20. The summed E-state index contributed by atoms with van der Waals surface area (Å²) in [5.74, 6) is 0.505. The average molecular weight is 322 g/mol. The molecule has 0 bridgehead atoms. The lowest BCUT2D eigenvalue weighted by Gasteiger charge is -2.08. The zero-order valence-corrected chi connectivity index (χ0v) is 13.3. The van der Waals surface area contributed by atoms with Gasteiger partial charge in [-0.3, -0.25) is 4.79 Å². The van der Waals surface area contributed by atoms with Gasteiger partial charge < -0.3 is 5.32 Å². The number of halogens is 2. The molecule has 0 spiro atoms. The van der Waals surface area contributed by atoms with Gasteiger partial charge in [-0.05, 0) is 61.2 Å². The lowest BCUT2D eigenvalue weighted by atomic mass is 10.1. The molecule has 0 unspecified atom stereocenters. The smallest absolute Gasteiger partial charge is 0.255 e. The molecule has 4 heteroatoms. The first kappa shape index (κ1) is 15.9. The highest BCUT2D eigenvalue weighted by molar-refractivity contribution is 6.31. The van der Waals surface area contributed by atoms with E-state index in [0.717, 1.165) is 24.1 Å². The number of nitrogens with one attached hydrogen (secondary N) is 1. The highest BCUT2D eigenvalue weighted by Gasteiger charge is 2.08. The molecule has 0 radical (unpaired) electrons. The zero-order valence-electron chi connectivity index (χ0n) is 11.8. The predicted octanol–water partition coefficient (Wildman–Crippen LogP) is 5.07. The summed E-state index contributed by atoms with van der Waals surface area (Å²) in [5.41, 5.74) is 3.45. The molecule has 21 heavy (non-hydrogen) atoms. The molecule has 0 atom stereocenters. The van der Waals surface area contributed by atoms with Crippen LogP contribution >= 0.6 is 23.2 Å². The van der Waals surface area contributed by atoms with Crippen molar-refractivity contribution >= 4 is 34.8 Å². The van der Waals surface area contributed by atoms with Crippen LogP contribution in [0.15, 0.2) is 42.5 Å². The number of benzene rings is 2. The number of hydrogen-bond donors (Lipinski definition) is 1. The monoisotopic (exact) mass is 321 g/mol. The predicted molar refractivity (Wildman–Crippen MR) is 89.6 cm³/mol. The van der Waals surface area contributed by atoms with Crippen molar-refractivity contribution in [1.82, 2.24) is 0 Å². The van der Waals surface area contributed by atoms with Gasteiger partial charge >= 0.3 is 0 Å². The number of amides is 1. The molecule has 1 amide bonds. The van der Waals surface area contributed by atoms with Crippen molar-refractivity contribution in [3.8, 4) is 0 Å². The summed E-state index contributed by atoms with van der Waals surface area (Å²) in [4.78, 5) is 12.2. The molecular formula is C17H17Cl2NO. The molecule has 0 aliphatic heterocycles. The summed E-state index contributed by atoms with van der Waals surface area (Å²) in [7, 11) is 0. The number of carbonyl (C=O) groups excluding carboxylic acids is 1. The molecule has 2 nitrogen and oxygen atoms in total. The standard InChI is InChI=1S/C17H17Cl2NO/c1-12-10-14(7-8-16(12)19)17(21)20-15-6-2-4-13(11-15)5-3-9-18/h2,4,6-8,10-11H,3,5,9H2,1H3,(H,20,21). The first-order valence-electron chi connectivity index (χ1n) is 6.82. The van der Waals surface area contributed by atoms with Crippen molar-refractivity contribution in [2.24, 2.45) is 0 Å². The number of rotatable bonds is 5. The third kappa shape index (κ3) is 4.48. The maximum Gasteiger partial charge on any atom is 0.255 e. The van der Waals surface area contributed by atoms with Crippen LogP contribution in [0.4, 0.5) is 5.69 Å². The van der Waals surface area contributed by atoms with Crippen LogP contribution in [0, 0.1) is 6.92 Å². The summed E-state index contributed by atoms with van der Waals surface area (Å²) >= 11 is 11.7. The fourth-order valence-electron chi connectivity index (χ4n) is 2.06. The van der Waals surface area contributed by atoms with Crippen LogP contribution in [0.2, 0.25) is 5.02 Å². The highest BCUT2D eigenvalue weighted by Crippen LogP contribution is 2.18. The van der Waals surface area contributed by atoms with E-state index in [-0.39, 0.29) is 5.91 Å². The van der Waals surface area contributed by atoms with Gasteiger partial charge in [0.2, 0.25) is 0 Å². The summed E-state index contributed by atoms with van der Waals surface area (Å²) < 4.78 is 0. The maximum atomic E-state index is 12.2. The van der Waals surface area contributed by atoms with Gasteiger partial charge in [-0.2, -0.15) is 0 Å². The SMILES string of the molecule is Cc1cc(C(=O)Nc2cccc(CCCCl)c2)ccc1Cl. The summed E-state index contributed by atoms with van der Waals surface area (Å²) in [6.07, 6.45) is 1.84. The normalized spacial score (nSPS) is 10.4. The molecule has 0 heterocycles. The summed E-state index contributed by atoms with van der Waals surface area (Å²) in [6.45, 7) is 1.88. The first-order valence-corrected chi connectivity index (χ1v) is 7.74. The van der Waals surface area contributed by atoms with Crippen LogP contribution in [-0.2, 0) is 6.42 Å². The maximum absolute atomic E-state index is 12.2. The molecule has 0 fully saturated rings. The highest BCUT2D eigenvalue weighted by atomic mass is 35.5. The zero-order chi connectivity index (χ0) is 15.2. The van der Waals surface area contributed by atoms with E-state index in [4.69, 9.17) is 23.2 Å². The molecule has 0 aromatic heterocycles. The molecule has 0 aliphatic rings. The molecule has 2 aromatic rings. The fourth-order valence-corrected chi connectivity index (χ4v) is 2.32. The van der Waals surface area contributed by atoms with Gasteiger partial charge in [0.05, 0.1) is 0 Å². The van der Waals surface area contributed by atoms with Crippen LogP contribution in [0.25, 0.3) is 0 Å². The van der Waals surface area contributed by atoms with Crippen molar-refractivity contribution in [2.75, 3.05) is 11.2 Å². The Labute approximate surface area is 135 Å². The van der Waals surface area contributed by atoms with Crippen LogP contribution in [0.1, 0.15) is 27.9 Å². The van der Waals surface area contributed by atoms with E-state index in [9.17, 15) is 4.79 Å². The van der Waals surface area contributed by atoms with E-state index < -0.39 is 0 Å². The van der Waals surface area contributed by atoms with Crippen LogP contribution in [0.3, 0.4) is 0 Å². The van der Waals surface area contributed by atoms with Gasteiger partial charge in [0, 0.05) is 22.2 Å². The van der Waals surface area contributed by atoms with Crippen LogP contribution in [-0.4, -0.2) is 11.8 Å². The Bertz CT molecular complexity index is 640. The minimum Gasteiger partial charge on any atom is -0.322 e. The van der Waals surface area contributed by atoms with E-state index in [1.54, 1.807) is 18.2 Å². The number of carbonyl (C=O) groups is 1. The minimum absolute atomic E-state index is 0.135. The molecular weight excluding hydrogens is 305 g/mol. The Morgan fingerprint density at radius 2 is 2.00 bits per heavy atom. The van der Waals surface area contributed by atoms with Gasteiger partial charge in [-0.15, -0.1) is 11.6 Å². The lowest BCUT2D eigenvalue weighted by molar-refractivity contribution is 0.102. The Morgan fingerprint density at radius 1 is 1.19 bits per heavy atom. The number of aryl methyl sites for hydroxylation is 2. The Balaban J connectivity index is 2.10. The van der Waals surface area contributed by atoms with Crippen LogP contribution in [0.5, 0.6) is 0 Å². The van der Waals surface area contributed by atoms with Crippen molar-refractivity contribution in [3.63, 3.8) is 0 Å². The van der Waals surface area contributed by atoms with Crippen molar-refractivity contribution in [3.05, 3.63) is 64.2 Å².